The van der Waals surface area contributed by atoms with Crippen LogP contribution in [0.25, 0.3) is 0 Å². The van der Waals surface area contributed by atoms with Gasteiger partial charge in [0.05, 0.1) is 7.11 Å². The van der Waals surface area contributed by atoms with Crippen LogP contribution in [0, 0.1) is 13.8 Å². The van der Waals surface area contributed by atoms with E-state index in [1.807, 2.05) is 57.2 Å². The number of carbonyl (C=O) groups is 1. The zero-order chi connectivity index (χ0) is 16.8. The Balaban J connectivity index is 2.14. The standard InChI is InChI=1S/C19H23NO3/c1-5-16(23-18-12-7-6-11-17(18)22-4)19(21)20-15-10-8-9-13(2)14(15)3/h6-12,16H,5H2,1-4H3,(H,20,21). The Morgan fingerprint density at radius 3 is 2.43 bits per heavy atom. The van der Waals surface area contributed by atoms with E-state index in [2.05, 4.69) is 5.32 Å². The van der Waals surface area contributed by atoms with Gasteiger partial charge >= 0.3 is 0 Å². The Bertz CT molecular complexity index is 682. The molecule has 23 heavy (non-hydrogen) atoms. The molecule has 1 atom stereocenters. The molecule has 0 radical (unpaired) electrons. The molecule has 0 bridgehead atoms. The van der Waals surface area contributed by atoms with Crippen LogP contribution < -0.4 is 14.8 Å². The van der Waals surface area contributed by atoms with Crippen molar-refractivity contribution in [3.63, 3.8) is 0 Å². The van der Waals surface area contributed by atoms with Gasteiger partial charge in [-0.3, -0.25) is 4.79 Å². The maximum absolute atomic E-state index is 12.5. The molecule has 0 aliphatic heterocycles. The SMILES string of the molecule is CCC(Oc1ccccc1OC)C(=O)Nc1cccc(C)c1C. The van der Waals surface area contributed by atoms with Crippen molar-refractivity contribution < 1.29 is 14.3 Å². The van der Waals surface area contributed by atoms with E-state index in [9.17, 15) is 4.79 Å². The number of hydrogen-bond donors (Lipinski definition) is 1. The van der Waals surface area contributed by atoms with Crippen LogP contribution in [0.3, 0.4) is 0 Å². The summed E-state index contributed by atoms with van der Waals surface area (Å²) in [4.78, 5) is 12.5. The first-order valence-electron chi connectivity index (χ1n) is 7.73. The number of para-hydroxylation sites is 2. The minimum atomic E-state index is -0.578. The van der Waals surface area contributed by atoms with Crippen LogP contribution >= 0.6 is 0 Å². The summed E-state index contributed by atoms with van der Waals surface area (Å²) < 4.78 is 11.1. The van der Waals surface area contributed by atoms with Crippen LogP contribution in [0.2, 0.25) is 0 Å². The molecule has 0 saturated carbocycles. The number of amides is 1. The smallest absolute Gasteiger partial charge is 0.265 e. The summed E-state index contributed by atoms with van der Waals surface area (Å²) in [5.41, 5.74) is 3.02. The summed E-state index contributed by atoms with van der Waals surface area (Å²) >= 11 is 0. The second-order valence-electron chi connectivity index (χ2n) is 5.40. The van der Waals surface area contributed by atoms with Crippen molar-refractivity contribution in [3.8, 4) is 11.5 Å². The van der Waals surface area contributed by atoms with E-state index in [0.29, 0.717) is 17.9 Å². The van der Waals surface area contributed by atoms with E-state index < -0.39 is 6.10 Å². The van der Waals surface area contributed by atoms with Gasteiger partial charge in [0.25, 0.3) is 5.91 Å². The van der Waals surface area contributed by atoms with Crippen molar-refractivity contribution >= 4 is 11.6 Å². The molecule has 0 spiro atoms. The van der Waals surface area contributed by atoms with Gasteiger partial charge in [-0.25, -0.2) is 0 Å². The van der Waals surface area contributed by atoms with Gasteiger partial charge in [-0.15, -0.1) is 0 Å². The van der Waals surface area contributed by atoms with Crippen molar-refractivity contribution in [1.82, 2.24) is 0 Å². The molecule has 2 rings (SSSR count). The van der Waals surface area contributed by atoms with Crippen molar-refractivity contribution in [3.05, 3.63) is 53.6 Å². The largest absolute Gasteiger partial charge is 0.493 e. The number of methoxy groups -OCH3 is 1. The predicted molar refractivity (Wildman–Crippen MR) is 92.2 cm³/mol. The molecule has 2 aromatic rings. The maximum atomic E-state index is 12.5. The first kappa shape index (κ1) is 16.9. The summed E-state index contributed by atoms with van der Waals surface area (Å²) in [6.45, 7) is 5.93. The Morgan fingerprint density at radius 1 is 1.09 bits per heavy atom. The van der Waals surface area contributed by atoms with Gasteiger partial charge in [0.1, 0.15) is 0 Å². The number of nitrogens with one attached hydrogen (secondary N) is 1. The van der Waals surface area contributed by atoms with Crippen molar-refractivity contribution in [2.75, 3.05) is 12.4 Å². The Labute approximate surface area is 137 Å². The zero-order valence-corrected chi connectivity index (χ0v) is 14.1. The molecule has 1 N–H and O–H groups in total. The van der Waals surface area contributed by atoms with Crippen LogP contribution in [-0.2, 0) is 4.79 Å². The Kier molecular flexibility index (Phi) is 5.63. The first-order chi connectivity index (χ1) is 11.1. The lowest BCUT2D eigenvalue weighted by Crippen LogP contribution is -2.32. The van der Waals surface area contributed by atoms with Crippen LogP contribution in [0.1, 0.15) is 24.5 Å². The fourth-order valence-corrected chi connectivity index (χ4v) is 2.29. The van der Waals surface area contributed by atoms with Crippen LogP contribution in [-0.4, -0.2) is 19.1 Å². The van der Waals surface area contributed by atoms with Gasteiger partial charge in [-0.2, -0.15) is 0 Å². The predicted octanol–water partition coefficient (Wildman–Crippen LogP) is 4.11. The average molecular weight is 313 g/mol. The van der Waals surface area contributed by atoms with E-state index in [0.717, 1.165) is 16.8 Å². The minimum absolute atomic E-state index is 0.160. The third kappa shape index (κ3) is 4.03. The van der Waals surface area contributed by atoms with Gasteiger partial charge in [-0.1, -0.05) is 31.2 Å². The van der Waals surface area contributed by atoms with E-state index in [4.69, 9.17) is 9.47 Å². The third-order valence-corrected chi connectivity index (χ3v) is 3.86. The van der Waals surface area contributed by atoms with Gasteiger partial charge in [0, 0.05) is 5.69 Å². The summed E-state index contributed by atoms with van der Waals surface area (Å²) in [5, 5.41) is 2.96. The summed E-state index contributed by atoms with van der Waals surface area (Å²) in [6.07, 6.45) is -0.0133. The molecule has 0 fully saturated rings. The molecule has 0 heterocycles. The number of aryl methyl sites for hydroxylation is 1. The molecule has 4 heteroatoms. The molecule has 4 nitrogen and oxygen atoms in total. The highest BCUT2D eigenvalue weighted by atomic mass is 16.5. The van der Waals surface area contributed by atoms with E-state index in [-0.39, 0.29) is 5.91 Å². The summed E-state index contributed by atoms with van der Waals surface area (Å²) in [6, 6.07) is 13.2. The van der Waals surface area contributed by atoms with E-state index in [1.54, 1.807) is 13.2 Å². The second kappa shape index (κ2) is 7.68. The molecular weight excluding hydrogens is 290 g/mol. The molecule has 2 aromatic carbocycles. The highest BCUT2D eigenvalue weighted by Crippen LogP contribution is 2.28. The number of hydrogen-bond acceptors (Lipinski definition) is 3. The maximum Gasteiger partial charge on any atom is 0.265 e. The number of rotatable bonds is 6. The second-order valence-corrected chi connectivity index (χ2v) is 5.40. The molecule has 1 amide bonds. The van der Waals surface area contributed by atoms with Gasteiger partial charge in [0.2, 0.25) is 0 Å². The van der Waals surface area contributed by atoms with Crippen molar-refractivity contribution in [2.45, 2.75) is 33.3 Å². The molecule has 0 aliphatic rings. The highest BCUT2D eigenvalue weighted by Gasteiger charge is 2.20. The number of benzene rings is 2. The van der Waals surface area contributed by atoms with Gasteiger partial charge in [0.15, 0.2) is 17.6 Å². The molecule has 0 aliphatic carbocycles. The lowest BCUT2D eigenvalue weighted by molar-refractivity contribution is -0.122. The normalized spacial score (nSPS) is 11.7. The molecule has 1 unspecified atom stereocenters. The number of anilines is 1. The fraction of sp³-hybridized carbons (Fsp3) is 0.316. The fourth-order valence-electron chi connectivity index (χ4n) is 2.29. The number of carbonyl (C=O) groups excluding carboxylic acids is 1. The highest BCUT2D eigenvalue weighted by molar-refractivity contribution is 5.95. The van der Waals surface area contributed by atoms with Crippen molar-refractivity contribution in [2.24, 2.45) is 0 Å². The lowest BCUT2D eigenvalue weighted by Gasteiger charge is -2.19. The summed E-state index contributed by atoms with van der Waals surface area (Å²) in [7, 11) is 1.58. The van der Waals surface area contributed by atoms with Gasteiger partial charge in [-0.05, 0) is 49.6 Å². The quantitative estimate of drug-likeness (QED) is 0.873. The van der Waals surface area contributed by atoms with Crippen LogP contribution in [0.5, 0.6) is 11.5 Å². The summed E-state index contributed by atoms with van der Waals surface area (Å²) in [5.74, 6) is 1.02. The topological polar surface area (TPSA) is 47.6 Å². The third-order valence-electron chi connectivity index (χ3n) is 3.86. The molecule has 0 saturated heterocycles. The molecule has 0 aromatic heterocycles. The van der Waals surface area contributed by atoms with Crippen molar-refractivity contribution in [1.29, 1.82) is 0 Å². The minimum Gasteiger partial charge on any atom is -0.493 e. The van der Waals surface area contributed by atoms with E-state index in [1.165, 1.54) is 0 Å². The average Bonchev–Trinajstić information content (AvgIpc) is 2.57. The zero-order valence-electron chi connectivity index (χ0n) is 14.1. The molecular formula is C19H23NO3. The lowest BCUT2D eigenvalue weighted by atomic mass is 10.1. The first-order valence-corrected chi connectivity index (χ1v) is 7.73. The monoisotopic (exact) mass is 313 g/mol. The van der Waals surface area contributed by atoms with Gasteiger partial charge < -0.3 is 14.8 Å². The van der Waals surface area contributed by atoms with Crippen LogP contribution in [0.15, 0.2) is 42.5 Å². The van der Waals surface area contributed by atoms with Crippen LogP contribution in [0.4, 0.5) is 5.69 Å². The van der Waals surface area contributed by atoms with E-state index >= 15 is 0 Å². The Morgan fingerprint density at radius 2 is 1.78 bits per heavy atom. The Hall–Kier alpha value is -2.49. The number of ether oxygens (including phenoxy) is 2. The molecule has 122 valence electrons.